The summed E-state index contributed by atoms with van der Waals surface area (Å²) in [5.74, 6) is 0.892. The summed E-state index contributed by atoms with van der Waals surface area (Å²) in [6, 6.07) is 12.2. The molecule has 3 heterocycles. The molecule has 1 saturated heterocycles. The lowest BCUT2D eigenvalue weighted by Gasteiger charge is -2.26. The van der Waals surface area contributed by atoms with Crippen molar-refractivity contribution in [2.24, 2.45) is 0 Å². The maximum absolute atomic E-state index is 6.34. The van der Waals surface area contributed by atoms with Crippen molar-refractivity contribution in [2.75, 3.05) is 43.1 Å². The lowest BCUT2D eigenvalue weighted by Crippen LogP contribution is -2.29. The van der Waals surface area contributed by atoms with Crippen molar-refractivity contribution < 1.29 is 0 Å². The van der Waals surface area contributed by atoms with Gasteiger partial charge in [-0.15, -0.1) is 0 Å². The van der Waals surface area contributed by atoms with E-state index in [1.54, 1.807) is 6.20 Å². The van der Waals surface area contributed by atoms with Crippen LogP contribution in [0.4, 0.5) is 17.2 Å². The van der Waals surface area contributed by atoms with E-state index in [4.69, 9.17) is 5.73 Å². The Bertz CT molecular complexity index is 1160. The Hall–Kier alpha value is -3.64. The van der Waals surface area contributed by atoms with Gasteiger partial charge >= 0.3 is 0 Å². The Kier molecular flexibility index (Phi) is 9.65. The fraction of sp³-hybridized carbons (Fsp3) is 0.333. The molecule has 6 nitrogen and oxygen atoms in total. The Morgan fingerprint density at radius 2 is 1.72 bits per heavy atom. The number of nitrogens with zero attached hydrogens (tertiary/aromatic N) is 4. The summed E-state index contributed by atoms with van der Waals surface area (Å²) in [6.45, 7) is 15.7. The van der Waals surface area contributed by atoms with Gasteiger partial charge in [-0.1, -0.05) is 39.5 Å². The summed E-state index contributed by atoms with van der Waals surface area (Å²) in [5, 5.41) is 3.30. The minimum absolute atomic E-state index is 0.662. The largest absolute Gasteiger partial charge is 0.398 e. The molecule has 0 amide bonds. The van der Waals surface area contributed by atoms with Gasteiger partial charge in [0.2, 0.25) is 0 Å². The van der Waals surface area contributed by atoms with Crippen molar-refractivity contribution >= 4 is 22.8 Å². The molecule has 0 radical (unpaired) electrons. The van der Waals surface area contributed by atoms with E-state index < -0.39 is 0 Å². The zero-order valence-corrected chi connectivity index (χ0v) is 22.2. The van der Waals surface area contributed by atoms with E-state index in [1.807, 2.05) is 69.5 Å². The van der Waals surface area contributed by atoms with E-state index in [0.717, 1.165) is 40.3 Å². The smallest absolute Gasteiger partial charge is 0.128 e. The van der Waals surface area contributed by atoms with Gasteiger partial charge in [0.15, 0.2) is 0 Å². The van der Waals surface area contributed by atoms with Gasteiger partial charge in [-0.05, 0) is 73.0 Å². The zero-order valence-electron chi connectivity index (χ0n) is 22.2. The average molecular weight is 485 g/mol. The molecule has 36 heavy (non-hydrogen) atoms. The summed E-state index contributed by atoms with van der Waals surface area (Å²) in [5.41, 5.74) is 13.5. The number of piperidine rings is 1. The van der Waals surface area contributed by atoms with Gasteiger partial charge in [0, 0.05) is 55.5 Å². The zero-order chi connectivity index (χ0) is 26.1. The second-order valence-corrected chi connectivity index (χ2v) is 9.10. The summed E-state index contributed by atoms with van der Waals surface area (Å²) in [6.07, 6.45) is 9.56. The van der Waals surface area contributed by atoms with Crippen LogP contribution in [0.2, 0.25) is 0 Å². The van der Waals surface area contributed by atoms with Crippen LogP contribution in [0.25, 0.3) is 16.7 Å². The highest BCUT2D eigenvalue weighted by atomic mass is 15.1. The molecule has 3 aromatic rings. The normalized spacial score (nSPS) is 13.3. The summed E-state index contributed by atoms with van der Waals surface area (Å²) in [7, 11) is 3.93. The predicted octanol–water partition coefficient (Wildman–Crippen LogP) is 6.44. The number of rotatable bonds is 8. The van der Waals surface area contributed by atoms with E-state index in [-0.39, 0.29) is 0 Å². The number of nitrogen functional groups attached to an aromatic ring is 1. The monoisotopic (exact) mass is 484 g/mol. The maximum atomic E-state index is 6.34. The predicted molar refractivity (Wildman–Crippen MR) is 155 cm³/mol. The van der Waals surface area contributed by atoms with Gasteiger partial charge in [-0.3, -0.25) is 9.88 Å². The number of benzene rings is 1. The summed E-state index contributed by atoms with van der Waals surface area (Å²) < 4.78 is 0. The van der Waals surface area contributed by atoms with Gasteiger partial charge in [0.05, 0.1) is 11.9 Å². The van der Waals surface area contributed by atoms with Crippen LogP contribution in [0.5, 0.6) is 0 Å². The molecule has 1 aliphatic heterocycles. The van der Waals surface area contributed by atoms with E-state index in [0.29, 0.717) is 11.4 Å². The number of hydrogen-bond acceptors (Lipinski definition) is 6. The molecule has 1 aliphatic rings. The van der Waals surface area contributed by atoms with Gasteiger partial charge in [-0.2, -0.15) is 0 Å². The average Bonchev–Trinajstić information content (AvgIpc) is 2.91. The highest BCUT2D eigenvalue weighted by molar-refractivity contribution is 5.87. The molecule has 2 aromatic heterocycles. The van der Waals surface area contributed by atoms with Crippen LogP contribution in [0.3, 0.4) is 0 Å². The third kappa shape index (κ3) is 6.95. The van der Waals surface area contributed by atoms with Crippen LogP contribution in [0, 0.1) is 0 Å². The van der Waals surface area contributed by atoms with Gasteiger partial charge < -0.3 is 16.0 Å². The number of nitrogens with one attached hydrogen (secondary N) is 1. The van der Waals surface area contributed by atoms with Crippen LogP contribution >= 0.6 is 0 Å². The molecule has 0 spiro atoms. The SMILES string of the molecule is C=C(Nc1ccc(N(C)C)nc1)C(=C)c1cc(-c2cncc(CN3CCCCC3)c2)ccc1N.CC. The second-order valence-electron chi connectivity index (χ2n) is 9.10. The first-order valence-corrected chi connectivity index (χ1v) is 12.8. The van der Waals surface area contributed by atoms with E-state index in [1.165, 1.54) is 37.9 Å². The molecule has 3 N–H and O–H groups in total. The molecule has 6 heteroatoms. The van der Waals surface area contributed by atoms with E-state index >= 15 is 0 Å². The number of likely N-dealkylation sites (tertiary alicyclic amines) is 1. The molecule has 190 valence electrons. The fourth-order valence-electron chi connectivity index (χ4n) is 4.24. The van der Waals surface area contributed by atoms with E-state index in [9.17, 15) is 0 Å². The number of allylic oxidation sites excluding steroid dienone is 1. The van der Waals surface area contributed by atoms with Crippen LogP contribution in [0.15, 0.2) is 73.8 Å². The van der Waals surface area contributed by atoms with Crippen molar-refractivity contribution in [3.8, 4) is 11.1 Å². The number of nitrogens with two attached hydrogens (primary N) is 1. The summed E-state index contributed by atoms with van der Waals surface area (Å²) >= 11 is 0. The minimum Gasteiger partial charge on any atom is -0.398 e. The van der Waals surface area contributed by atoms with Gasteiger partial charge in [-0.25, -0.2) is 4.98 Å². The molecule has 0 saturated carbocycles. The summed E-state index contributed by atoms with van der Waals surface area (Å²) in [4.78, 5) is 13.4. The van der Waals surface area contributed by atoms with Crippen molar-refractivity contribution in [1.29, 1.82) is 0 Å². The van der Waals surface area contributed by atoms with E-state index in [2.05, 4.69) is 45.5 Å². The molecule has 0 bridgehead atoms. The molecule has 0 aliphatic carbocycles. The molecular weight excluding hydrogens is 444 g/mol. The second kappa shape index (κ2) is 12.9. The lowest BCUT2D eigenvalue weighted by atomic mass is 9.97. The number of aromatic nitrogens is 2. The number of anilines is 3. The Morgan fingerprint density at radius 3 is 2.39 bits per heavy atom. The lowest BCUT2D eigenvalue weighted by molar-refractivity contribution is 0.220. The van der Waals surface area contributed by atoms with Crippen molar-refractivity contribution in [1.82, 2.24) is 14.9 Å². The molecule has 1 fully saturated rings. The third-order valence-electron chi connectivity index (χ3n) is 6.23. The molecule has 4 rings (SSSR count). The molecule has 0 unspecified atom stereocenters. The van der Waals surface area contributed by atoms with Crippen molar-refractivity contribution in [2.45, 2.75) is 39.7 Å². The standard InChI is InChI=1S/C28H34N6.C2H6/c1-20(21(2)32-25-9-11-28(31-18-25)33(3)4)26-15-23(8-10-27(26)29)24-14-22(16-30-17-24)19-34-12-6-5-7-13-34;1-2/h8-11,14-18,32H,1-2,5-7,12-13,19,29H2,3-4H3;1-2H3. The topological polar surface area (TPSA) is 70.3 Å². The van der Waals surface area contributed by atoms with Crippen molar-refractivity contribution in [3.05, 3.63) is 85.0 Å². The Balaban J connectivity index is 0.00000176. The molecule has 1 aromatic carbocycles. The van der Waals surface area contributed by atoms with Gasteiger partial charge in [0.25, 0.3) is 0 Å². The minimum atomic E-state index is 0.662. The Morgan fingerprint density at radius 1 is 0.972 bits per heavy atom. The van der Waals surface area contributed by atoms with Crippen LogP contribution in [-0.4, -0.2) is 42.1 Å². The van der Waals surface area contributed by atoms with Gasteiger partial charge in [0.1, 0.15) is 5.82 Å². The highest BCUT2D eigenvalue weighted by Crippen LogP contribution is 2.31. The first-order valence-electron chi connectivity index (χ1n) is 12.8. The first-order chi connectivity index (χ1) is 17.4. The molecular formula is C30H40N6. The van der Waals surface area contributed by atoms with Crippen LogP contribution in [-0.2, 0) is 6.54 Å². The quantitative estimate of drug-likeness (QED) is 0.283. The highest BCUT2D eigenvalue weighted by Gasteiger charge is 2.13. The maximum Gasteiger partial charge on any atom is 0.128 e. The van der Waals surface area contributed by atoms with Crippen LogP contribution < -0.4 is 16.0 Å². The first kappa shape index (κ1) is 27.0. The number of hydrogen-bond donors (Lipinski definition) is 2. The third-order valence-corrected chi connectivity index (χ3v) is 6.23. The fourth-order valence-corrected chi connectivity index (χ4v) is 4.24. The molecule has 0 atom stereocenters. The van der Waals surface area contributed by atoms with Crippen molar-refractivity contribution in [3.63, 3.8) is 0 Å². The Labute approximate surface area is 216 Å². The van der Waals surface area contributed by atoms with Crippen LogP contribution in [0.1, 0.15) is 44.2 Å². The number of pyridine rings is 2.